The lowest BCUT2D eigenvalue weighted by Crippen LogP contribution is -2.13. The van der Waals surface area contributed by atoms with Crippen LogP contribution in [-0.4, -0.2) is 18.2 Å². The molecular weight excluding hydrogens is 378 g/mol. The number of hydrogen-bond acceptors (Lipinski definition) is 4. The minimum absolute atomic E-state index is 0.247. The Morgan fingerprint density at radius 1 is 1.19 bits per heavy atom. The van der Waals surface area contributed by atoms with Crippen LogP contribution in [-0.2, 0) is 16.4 Å². The van der Waals surface area contributed by atoms with E-state index in [2.05, 4.69) is 16.7 Å². The molecule has 0 bridgehead atoms. The normalized spacial score (nSPS) is 15.3. The second-order valence-corrected chi connectivity index (χ2v) is 9.49. The molecule has 0 saturated heterocycles. The van der Waals surface area contributed by atoms with Gasteiger partial charge >= 0.3 is 0 Å². The highest BCUT2D eigenvalue weighted by Crippen LogP contribution is 2.35. The van der Waals surface area contributed by atoms with Crippen molar-refractivity contribution in [2.24, 2.45) is 0 Å². The molecule has 142 valence electrons. The molecule has 0 radical (unpaired) electrons. The van der Waals surface area contributed by atoms with E-state index in [1.54, 1.807) is 6.20 Å². The molecule has 1 N–H and O–H groups in total. The monoisotopic (exact) mass is 401 g/mol. The molecule has 1 saturated carbocycles. The van der Waals surface area contributed by atoms with Crippen LogP contribution >= 0.6 is 11.3 Å². The summed E-state index contributed by atoms with van der Waals surface area (Å²) in [6.07, 6.45) is 7.07. The molecule has 1 aromatic carbocycles. The Balaban J connectivity index is 1.71. The lowest BCUT2D eigenvalue weighted by molar-refractivity contribution is 0.467. The summed E-state index contributed by atoms with van der Waals surface area (Å²) in [4.78, 5) is 1.12. The van der Waals surface area contributed by atoms with Crippen molar-refractivity contribution in [2.45, 2.75) is 50.0 Å². The summed E-state index contributed by atoms with van der Waals surface area (Å²) in [6, 6.07) is 11.6. The molecule has 0 spiro atoms. The number of aromatic nitrogens is 2. The van der Waals surface area contributed by atoms with E-state index < -0.39 is 10.0 Å². The molecular formula is C20H23N3O2S2. The number of thiophene rings is 1. The van der Waals surface area contributed by atoms with Gasteiger partial charge in [-0.15, -0.1) is 11.3 Å². The zero-order chi connectivity index (χ0) is 18.9. The van der Waals surface area contributed by atoms with Crippen LogP contribution in [0.25, 0.3) is 10.6 Å². The molecule has 1 fully saturated rings. The van der Waals surface area contributed by atoms with E-state index in [0.29, 0.717) is 11.4 Å². The maximum atomic E-state index is 13.1. The van der Waals surface area contributed by atoms with E-state index in [4.69, 9.17) is 0 Å². The van der Waals surface area contributed by atoms with Crippen LogP contribution in [0.4, 0.5) is 5.69 Å². The average Bonchev–Trinajstić information content (AvgIpc) is 3.41. The Labute approximate surface area is 164 Å². The SMILES string of the molecule is CCc1ccc(NS(=O)(=O)c2cn(C3CCCC3)nc2-c2cccs2)cc1. The second-order valence-electron chi connectivity index (χ2n) is 6.89. The van der Waals surface area contributed by atoms with Crippen LogP contribution in [0.1, 0.15) is 44.2 Å². The maximum absolute atomic E-state index is 13.1. The molecule has 27 heavy (non-hydrogen) atoms. The minimum Gasteiger partial charge on any atom is -0.280 e. The van der Waals surface area contributed by atoms with Gasteiger partial charge in [0.15, 0.2) is 0 Å². The maximum Gasteiger partial charge on any atom is 0.265 e. The average molecular weight is 402 g/mol. The van der Waals surface area contributed by atoms with E-state index in [1.807, 2.05) is 46.5 Å². The lowest BCUT2D eigenvalue weighted by atomic mass is 10.2. The highest BCUT2D eigenvalue weighted by molar-refractivity contribution is 7.92. The van der Waals surface area contributed by atoms with Gasteiger partial charge in [0.25, 0.3) is 10.0 Å². The molecule has 4 rings (SSSR count). The Morgan fingerprint density at radius 2 is 1.93 bits per heavy atom. The first-order valence-electron chi connectivity index (χ1n) is 9.31. The largest absolute Gasteiger partial charge is 0.280 e. The fourth-order valence-corrected chi connectivity index (χ4v) is 5.53. The Bertz CT molecular complexity index is 1000. The molecule has 0 unspecified atom stereocenters. The number of aryl methyl sites for hydroxylation is 1. The van der Waals surface area contributed by atoms with Gasteiger partial charge in [-0.2, -0.15) is 5.10 Å². The number of benzene rings is 1. The third-order valence-corrected chi connectivity index (χ3v) is 7.31. The van der Waals surface area contributed by atoms with E-state index >= 15 is 0 Å². The van der Waals surface area contributed by atoms with Crippen LogP contribution in [0, 0.1) is 0 Å². The number of anilines is 1. The van der Waals surface area contributed by atoms with Crippen molar-refractivity contribution in [1.29, 1.82) is 0 Å². The molecule has 2 heterocycles. The number of sulfonamides is 1. The molecule has 1 aliphatic rings. The van der Waals surface area contributed by atoms with Crippen LogP contribution < -0.4 is 4.72 Å². The van der Waals surface area contributed by atoms with Crippen molar-refractivity contribution < 1.29 is 8.42 Å². The second kappa shape index (κ2) is 7.48. The van der Waals surface area contributed by atoms with Gasteiger partial charge in [-0.05, 0) is 48.4 Å². The van der Waals surface area contributed by atoms with Crippen LogP contribution in [0.2, 0.25) is 0 Å². The standard InChI is InChI=1S/C20H23N3O2S2/c1-2-15-9-11-16(12-10-15)22-27(24,25)19-14-23(17-6-3-4-7-17)21-20(19)18-8-5-13-26-18/h5,8-14,17,22H,2-4,6-7H2,1H3. The van der Waals surface area contributed by atoms with Gasteiger partial charge in [0.05, 0.1) is 10.9 Å². The van der Waals surface area contributed by atoms with Gasteiger partial charge in [0, 0.05) is 11.9 Å². The molecule has 0 amide bonds. The molecule has 0 atom stereocenters. The minimum atomic E-state index is -3.72. The summed E-state index contributed by atoms with van der Waals surface area (Å²) in [5.41, 5.74) is 2.28. The van der Waals surface area contributed by atoms with Crippen molar-refractivity contribution in [3.8, 4) is 10.6 Å². The third-order valence-electron chi connectivity index (χ3n) is 5.06. The smallest absolute Gasteiger partial charge is 0.265 e. The number of nitrogens with zero attached hydrogens (tertiary/aromatic N) is 2. The van der Waals surface area contributed by atoms with E-state index in [0.717, 1.165) is 24.1 Å². The first kappa shape index (κ1) is 18.3. The summed E-state index contributed by atoms with van der Waals surface area (Å²) in [5, 5.41) is 6.62. The first-order valence-corrected chi connectivity index (χ1v) is 11.7. The molecule has 5 nitrogen and oxygen atoms in total. The number of nitrogens with one attached hydrogen (secondary N) is 1. The van der Waals surface area contributed by atoms with E-state index in [-0.39, 0.29) is 10.9 Å². The van der Waals surface area contributed by atoms with Crippen molar-refractivity contribution in [3.05, 3.63) is 53.5 Å². The first-order chi connectivity index (χ1) is 13.1. The molecule has 7 heteroatoms. The van der Waals surface area contributed by atoms with E-state index in [1.165, 1.54) is 29.7 Å². The van der Waals surface area contributed by atoms with Gasteiger partial charge in [-0.25, -0.2) is 8.42 Å². The Morgan fingerprint density at radius 3 is 2.56 bits per heavy atom. The van der Waals surface area contributed by atoms with Crippen LogP contribution in [0.5, 0.6) is 0 Å². The van der Waals surface area contributed by atoms with Gasteiger partial charge in [-0.3, -0.25) is 9.40 Å². The number of hydrogen-bond donors (Lipinski definition) is 1. The van der Waals surface area contributed by atoms with Gasteiger partial charge in [0.2, 0.25) is 0 Å². The lowest BCUT2D eigenvalue weighted by Gasteiger charge is -2.09. The Hall–Kier alpha value is -2.12. The highest BCUT2D eigenvalue weighted by atomic mass is 32.2. The summed E-state index contributed by atoms with van der Waals surface area (Å²) < 4.78 is 30.9. The zero-order valence-corrected chi connectivity index (χ0v) is 16.9. The topological polar surface area (TPSA) is 64.0 Å². The van der Waals surface area contributed by atoms with Crippen molar-refractivity contribution in [3.63, 3.8) is 0 Å². The molecule has 1 aliphatic carbocycles. The third kappa shape index (κ3) is 3.80. The molecule has 3 aromatic rings. The van der Waals surface area contributed by atoms with Gasteiger partial charge in [0.1, 0.15) is 10.6 Å². The van der Waals surface area contributed by atoms with E-state index in [9.17, 15) is 8.42 Å². The molecule has 2 aromatic heterocycles. The zero-order valence-electron chi connectivity index (χ0n) is 15.3. The quantitative estimate of drug-likeness (QED) is 0.626. The summed E-state index contributed by atoms with van der Waals surface area (Å²) >= 11 is 1.51. The Kier molecular flexibility index (Phi) is 5.06. The van der Waals surface area contributed by atoms with Crippen molar-refractivity contribution in [1.82, 2.24) is 9.78 Å². The van der Waals surface area contributed by atoms with Crippen LogP contribution in [0.15, 0.2) is 52.9 Å². The summed E-state index contributed by atoms with van der Waals surface area (Å²) in [5.74, 6) is 0. The van der Waals surface area contributed by atoms with Crippen LogP contribution in [0.3, 0.4) is 0 Å². The van der Waals surface area contributed by atoms with Crippen molar-refractivity contribution in [2.75, 3.05) is 4.72 Å². The van der Waals surface area contributed by atoms with Gasteiger partial charge < -0.3 is 0 Å². The summed E-state index contributed by atoms with van der Waals surface area (Å²) in [6.45, 7) is 2.07. The fourth-order valence-electron chi connectivity index (χ4n) is 3.53. The summed E-state index contributed by atoms with van der Waals surface area (Å²) in [7, 11) is -3.72. The predicted molar refractivity (Wildman–Crippen MR) is 110 cm³/mol. The predicted octanol–water partition coefficient (Wildman–Crippen LogP) is 5.09. The number of rotatable bonds is 6. The van der Waals surface area contributed by atoms with Crippen molar-refractivity contribution >= 4 is 27.0 Å². The van der Waals surface area contributed by atoms with Gasteiger partial charge in [-0.1, -0.05) is 38.0 Å². The fraction of sp³-hybridized carbons (Fsp3) is 0.350. The molecule has 0 aliphatic heterocycles. The highest BCUT2D eigenvalue weighted by Gasteiger charge is 2.27.